The van der Waals surface area contributed by atoms with Gasteiger partial charge in [0.1, 0.15) is 0 Å². The summed E-state index contributed by atoms with van der Waals surface area (Å²) in [5.74, 6) is 0.793. The van der Waals surface area contributed by atoms with Crippen LogP contribution in [0.5, 0.6) is 0 Å². The van der Waals surface area contributed by atoms with E-state index in [0.717, 1.165) is 24.7 Å². The number of aromatic nitrogens is 2. The molecule has 5 heteroatoms. The van der Waals surface area contributed by atoms with E-state index < -0.39 is 0 Å². The van der Waals surface area contributed by atoms with E-state index in [-0.39, 0.29) is 11.6 Å². The number of rotatable bonds is 4. The number of piperidine rings is 1. The van der Waals surface area contributed by atoms with Crippen LogP contribution in [0.15, 0.2) is 17.1 Å². The average molecular weight is 264 g/mol. The highest BCUT2D eigenvalue weighted by Gasteiger charge is 2.17. The molecule has 19 heavy (non-hydrogen) atoms. The molecule has 0 bridgehead atoms. The van der Waals surface area contributed by atoms with Gasteiger partial charge < -0.3 is 10.2 Å². The van der Waals surface area contributed by atoms with Crippen molar-refractivity contribution < 1.29 is 0 Å². The van der Waals surface area contributed by atoms with Gasteiger partial charge in [0, 0.05) is 25.2 Å². The largest absolute Gasteiger partial charge is 0.370 e. The third-order valence-corrected chi connectivity index (χ3v) is 3.94. The van der Waals surface area contributed by atoms with Gasteiger partial charge in [-0.25, -0.2) is 4.68 Å². The van der Waals surface area contributed by atoms with Gasteiger partial charge >= 0.3 is 0 Å². The summed E-state index contributed by atoms with van der Waals surface area (Å²) in [6, 6.07) is 1.96. The number of nitrogens with one attached hydrogen (secondary N) is 1. The van der Waals surface area contributed by atoms with Gasteiger partial charge in [0.15, 0.2) is 0 Å². The Hall–Kier alpha value is -1.36. The third kappa shape index (κ3) is 3.56. The molecule has 1 aromatic heterocycles. The molecule has 1 atom stereocenters. The van der Waals surface area contributed by atoms with Crippen LogP contribution in [0.3, 0.4) is 0 Å². The minimum Gasteiger partial charge on any atom is -0.370 e. The first-order valence-corrected chi connectivity index (χ1v) is 7.09. The van der Waals surface area contributed by atoms with Crippen molar-refractivity contribution in [2.75, 3.05) is 25.0 Å². The van der Waals surface area contributed by atoms with Crippen LogP contribution in [0.4, 0.5) is 5.69 Å². The van der Waals surface area contributed by atoms with Crippen molar-refractivity contribution in [3.8, 4) is 0 Å². The van der Waals surface area contributed by atoms with Crippen molar-refractivity contribution in [2.45, 2.75) is 39.3 Å². The van der Waals surface area contributed by atoms with E-state index >= 15 is 0 Å². The molecule has 0 spiro atoms. The predicted octanol–water partition coefficient (Wildman–Crippen LogP) is 1.09. The number of nitrogens with zero attached hydrogens (tertiary/aromatic N) is 3. The zero-order valence-corrected chi connectivity index (χ0v) is 12.1. The molecule has 1 fully saturated rings. The first-order valence-electron chi connectivity index (χ1n) is 7.09. The van der Waals surface area contributed by atoms with Crippen LogP contribution >= 0.6 is 0 Å². The van der Waals surface area contributed by atoms with Crippen LogP contribution in [-0.2, 0) is 6.54 Å². The fourth-order valence-corrected chi connectivity index (χ4v) is 2.35. The quantitative estimate of drug-likeness (QED) is 0.884. The van der Waals surface area contributed by atoms with Gasteiger partial charge in [-0.1, -0.05) is 6.92 Å². The topological polar surface area (TPSA) is 50.2 Å². The smallest absolute Gasteiger partial charge is 0.268 e. The molecule has 1 aliphatic heterocycles. The van der Waals surface area contributed by atoms with Crippen molar-refractivity contribution in [1.29, 1.82) is 0 Å². The molecule has 0 aromatic carbocycles. The number of likely N-dealkylation sites (N-methyl/N-ethyl adjacent to an activating group) is 1. The Morgan fingerprint density at radius 2 is 2.16 bits per heavy atom. The highest BCUT2D eigenvalue weighted by atomic mass is 16.1. The van der Waals surface area contributed by atoms with E-state index in [9.17, 15) is 4.79 Å². The molecule has 0 aliphatic carbocycles. The van der Waals surface area contributed by atoms with E-state index in [0.29, 0.717) is 6.54 Å². The fraction of sp³-hybridized carbons (Fsp3) is 0.714. The van der Waals surface area contributed by atoms with Crippen molar-refractivity contribution >= 4 is 5.69 Å². The molecule has 2 rings (SSSR count). The molecular weight excluding hydrogens is 240 g/mol. The summed E-state index contributed by atoms with van der Waals surface area (Å²) in [6.45, 7) is 6.98. The molecule has 106 valence electrons. The van der Waals surface area contributed by atoms with Crippen molar-refractivity contribution in [3.05, 3.63) is 22.6 Å². The van der Waals surface area contributed by atoms with E-state index in [1.54, 1.807) is 6.07 Å². The van der Waals surface area contributed by atoms with Crippen LogP contribution in [0.2, 0.25) is 0 Å². The highest BCUT2D eigenvalue weighted by molar-refractivity contribution is 5.43. The van der Waals surface area contributed by atoms with E-state index in [1.807, 2.05) is 20.2 Å². The Labute approximate surface area is 114 Å². The minimum atomic E-state index is -0.0155. The molecule has 0 radical (unpaired) electrons. The second-order valence-corrected chi connectivity index (χ2v) is 5.59. The SMILES string of the molecule is CNC(C)Cn1ncc(N2CCC(C)CC2)cc1=O. The molecule has 2 heterocycles. The Morgan fingerprint density at radius 1 is 1.47 bits per heavy atom. The number of hydrogen-bond acceptors (Lipinski definition) is 4. The van der Waals surface area contributed by atoms with Gasteiger partial charge in [0.25, 0.3) is 5.56 Å². The standard InChI is InChI=1S/C14H24N4O/c1-11-4-6-17(7-5-11)13-8-14(19)18(16-9-13)10-12(2)15-3/h8-9,11-12,15H,4-7,10H2,1-3H3. The van der Waals surface area contributed by atoms with Gasteiger partial charge in [-0.3, -0.25) is 4.79 Å². The molecular formula is C14H24N4O. The summed E-state index contributed by atoms with van der Waals surface area (Å²) >= 11 is 0. The molecule has 1 saturated heterocycles. The summed E-state index contributed by atoms with van der Waals surface area (Å²) in [5, 5.41) is 7.40. The van der Waals surface area contributed by atoms with Gasteiger partial charge in [-0.2, -0.15) is 5.10 Å². The highest BCUT2D eigenvalue weighted by Crippen LogP contribution is 2.20. The monoisotopic (exact) mass is 264 g/mol. The van der Waals surface area contributed by atoms with Crippen LogP contribution < -0.4 is 15.8 Å². The Bertz CT molecular complexity index is 463. The van der Waals surface area contributed by atoms with E-state index in [1.165, 1.54) is 17.5 Å². The maximum Gasteiger partial charge on any atom is 0.268 e. The lowest BCUT2D eigenvalue weighted by Gasteiger charge is -2.31. The van der Waals surface area contributed by atoms with Crippen molar-refractivity contribution in [1.82, 2.24) is 15.1 Å². The molecule has 5 nitrogen and oxygen atoms in total. The van der Waals surface area contributed by atoms with Crippen LogP contribution in [0.25, 0.3) is 0 Å². The summed E-state index contributed by atoms with van der Waals surface area (Å²) in [4.78, 5) is 14.3. The molecule has 1 aliphatic rings. The number of anilines is 1. The van der Waals surface area contributed by atoms with Gasteiger partial charge in [-0.15, -0.1) is 0 Å². The zero-order valence-electron chi connectivity index (χ0n) is 12.1. The third-order valence-electron chi connectivity index (χ3n) is 3.94. The summed E-state index contributed by atoms with van der Waals surface area (Å²) < 4.78 is 1.53. The predicted molar refractivity (Wildman–Crippen MR) is 77.6 cm³/mol. The molecule has 1 N–H and O–H groups in total. The van der Waals surface area contributed by atoms with Gasteiger partial charge in [0.05, 0.1) is 18.4 Å². The normalized spacial score (nSPS) is 18.6. The van der Waals surface area contributed by atoms with Gasteiger partial charge in [-0.05, 0) is 32.7 Å². The molecule has 0 saturated carbocycles. The average Bonchev–Trinajstić information content (AvgIpc) is 2.41. The second kappa shape index (κ2) is 6.19. The summed E-state index contributed by atoms with van der Waals surface area (Å²) in [7, 11) is 1.89. The maximum atomic E-state index is 12.0. The zero-order chi connectivity index (χ0) is 13.8. The second-order valence-electron chi connectivity index (χ2n) is 5.59. The van der Waals surface area contributed by atoms with Crippen LogP contribution in [-0.4, -0.2) is 36.0 Å². The van der Waals surface area contributed by atoms with Crippen molar-refractivity contribution in [3.63, 3.8) is 0 Å². The van der Waals surface area contributed by atoms with E-state index in [4.69, 9.17) is 0 Å². The minimum absolute atomic E-state index is 0.0155. The first kappa shape index (κ1) is 14.1. The Kier molecular flexibility index (Phi) is 4.58. The lowest BCUT2D eigenvalue weighted by atomic mass is 9.99. The van der Waals surface area contributed by atoms with Crippen LogP contribution in [0, 0.1) is 5.92 Å². The summed E-state index contributed by atoms with van der Waals surface area (Å²) in [5.41, 5.74) is 0.948. The fourth-order valence-electron chi connectivity index (χ4n) is 2.35. The lowest BCUT2D eigenvalue weighted by Crippen LogP contribution is -2.36. The van der Waals surface area contributed by atoms with E-state index in [2.05, 4.69) is 22.2 Å². The first-order chi connectivity index (χ1) is 9.10. The maximum absolute atomic E-state index is 12.0. The Morgan fingerprint density at radius 3 is 2.74 bits per heavy atom. The molecule has 1 aromatic rings. The summed E-state index contributed by atoms with van der Waals surface area (Å²) in [6.07, 6.45) is 4.21. The Balaban J connectivity index is 2.08. The lowest BCUT2D eigenvalue weighted by molar-refractivity contribution is 0.435. The van der Waals surface area contributed by atoms with Crippen LogP contribution in [0.1, 0.15) is 26.7 Å². The number of hydrogen-bond donors (Lipinski definition) is 1. The van der Waals surface area contributed by atoms with Gasteiger partial charge in [0.2, 0.25) is 0 Å². The molecule has 0 amide bonds. The molecule has 1 unspecified atom stereocenters. The van der Waals surface area contributed by atoms with Crippen molar-refractivity contribution in [2.24, 2.45) is 5.92 Å².